The molecule has 0 aliphatic heterocycles. The molecule has 2 aliphatic rings. The molecule has 0 amide bonds. The zero-order valence-corrected chi connectivity index (χ0v) is 19.1. The highest BCUT2D eigenvalue weighted by Gasteiger charge is 2.31. The minimum absolute atomic E-state index is 0.218. The normalized spacial score (nSPS) is 26.1. The van der Waals surface area contributed by atoms with Gasteiger partial charge in [-0.25, -0.2) is 4.39 Å². The fraction of sp³-hybridized carbons (Fsp3) is 0.533. The highest BCUT2D eigenvalue weighted by molar-refractivity contribution is 5.43. The van der Waals surface area contributed by atoms with Gasteiger partial charge >= 0.3 is 0 Å². The zero-order chi connectivity index (χ0) is 21.5. The SMILES string of the molecule is CCCCC1CCC(C2CCC(c3ccc(C#Cc4ccc(F)cc4)cc3)CC2)CC1. The quantitative estimate of drug-likeness (QED) is 0.429. The number of hydrogen-bond acceptors (Lipinski definition) is 0. The van der Waals surface area contributed by atoms with Crippen LogP contribution in [0.15, 0.2) is 48.5 Å². The molecule has 0 aromatic heterocycles. The molecular weight excluding hydrogens is 379 g/mol. The molecule has 0 heterocycles. The van der Waals surface area contributed by atoms with E-state index in [1.54, 1.807) is 12.1 Å². The molecule has 2 aliphatic carbocycles. The van der Waals surface area contributed by atoms with Crippen LogP contribution in [-0.2, 0) is 0 Å². The molecule has 2 aromatic rings. The first-order valence-corrected chi connectivity index (χ1v) is 12.6. The van der Waals surface area contributed by atoms with Crippen molar-refractivity contribution in [1.29, 1.82) is 0 Å². The molecule has 4 rings (SSSR count). The van der Waals surface area contributed by atoms with Crippen molar-refractivity contribution in [2.24, 2.45) is 17.8 Å². The molecule has 31 heavy (non-hydrogen) atoms. The summed E-state index contributed by atoms with van der Waals surface area (Å²) in [5, 5.41) is 0. The first-order valence-electron chi connectivity index (χ1n) is 12.6. The van der Waals surface area contributed by atoms with Gasteiger partial charge in [-0.05, 0) is 104 Å². The maximum atomic E-state index is 13.0. The summed E-state index contributed by atoms with van der Waals surface area (Å²) in [7, 11) is 0. The van der Waals surface area contributed by atoms with E-state index in [9.17, 15) is 4.39 Å². The standard InChI is InChI=1S/C30H37F/c1-2-3-4-23-7-13-26(14-8-23)28-17-19-29(20-18-28)27-15-9-24(10-16-27)5-6-25-11-21-30(31)22-12-25/h9-12,15-16,21-23,26,28-29H,2-4,7-8,13-14,17-20H2,1H3. The average Bonchev–Trinajstić information content (AvgIpc) is 2.83. The molecule has 1 heteroatoms. The molecule has 0 saturated heterocycles. The van der Waals surface area contributed by atoms with Gasteiger partial charge in [0.25, 0.3) is 0 Å². The van der Waals surface area contributed by atoms with Crippen molar-refractivity contribution < 1.29 is 4.39 Å². The summed E-state index contributed by atoms with van der Waals surface area (Å²) < 4.78 is 13.0. The Morgan fingerprint density at radius 2 is 1.23 bits per heavy atom. The van der Waals surface area contributed by atoms with E-state index in [4.69, 9.17) is 0 Å². The predicted molar refractivity (Wildman–Crippen MR) is 128 cm³/mol. The summed E-state index contributed by atoms with van der Waals surface area (Å²) in [4.78, 5) is 0. The van der Waals surface area contributed by atoms with E-state index in [0.29, 0.717) is 0 Å². The molecule has 0 spiro atoms. The van der Waals surface area contributed by atoms with E-state index in [0.717, 1.165) is 34.8 Å². The summed E-state index contributed by atoms with van der Waals surface area (Å²) in [6.07, 6.45) is 15.7. The lowest BCUT2D eigenvalue weighted by molar-refractivity contribution is 0.156. The maximum absolute atomic E-state index is 13.0. The molecule has 0 atom stereocenters. The van der Waals surface area contributed by atoms with E-state index in [-0.39, 0.29) is 5.82 Å². The van der Waals surface area contributed by atoms with Crippen LogP contribution in [0.4, 0.5) is 4.39 Å². The van der Waals surface area contributed by atoms with Crippen LogP contribution in [-0.4, -0.2) is 0 Å². The summed E-state index contributed by atoms with van der Waals surface area (Å²) in [6.45, 7) is 2.32. The van der Waals surface area contributed by atoms with Gasteiger partial charge in [-0.1, -0.05) is 63.0 Å². The van der Waals surface area contributed by atoms with Gasteiger partial charge in [0.2, 0.25) is 0 Å². The van der Waals surface area contributed by atoms with E-state index < -0.39 is 0 Å². The third-order valence-corrected chi connectivity index (χ3v) is 7.87. The fourth-order valence-electron chi connectivity index (χ4n) is 5.88. The summed E-state index contributed by atoms with van der Waals surface area (Å²) >= 11 is 0. The Morgan fingerprint density at radius 1 is 0.710 bits per heavy atom. The van der Waals surface area contributed by atoms with Crippen LogP contribution in [0.3, 0.4) is 0 Å². The minimum Gasteiger partial charge on any atom is -0.207 e. The van der Waals surface area contributed by atoms with Crippen molar-refractivity contribution in [3.05, 3.63) is 71.0 Å². The zero-order valence-electron chi connectivity index (χ0n) is 19.1. The van der Waals surface area contributed by atoms with E-state index in [1.165, 1.54) is 88.3 Å². The van der Waals surface area contributed by atoms with Gasteiger partial charge in [0.15, 0.2) is 0 Å². The molecule has 0 radical (unpaired) electrons. The Morgan fingerprint density at radius 3 is 1.77 bits per heavy atom. The largest absolute Gasteiger partial charge is 0.207 e. The lowest BCUT2D eigenvalue weighted by Gasteiger charge is -2.38. The number of benzene rings is 2. The third-order valence-electron chi connectivity index (χ3n) is 7.87. The smallest absolute Gasteiger partial charge is 0.123 e. The molecule has 2 saturated carbocycles. The van der Waals surface area contributed by atoms with Gasteiger partial charge in [-0.15, -0.1) is 0 Å². The van der Waals surface area contributed by atoms with Gasteiger partial charge in [0.05, 0.1) is 0 Å². The van der Waals surface area contributed by atoms with Crippen LogP contribution >= 0.6 is 0 Å². The monoisotopic (exact) mass is 416 g/mol. The number of rotatable bonds is 5. The van der Waals surface area contributed by atoms with Crippen molar-refractivity contribution in [3.63, 3.8) is 0 Å². The van der Waals surface area contributed by atoms with Crippen LogP contribution in [0.25, 0.3) is 0 Å². The van der Waals surface area contributed by atoms with E-state index in [1.807, 2.05) is 0 Å². The van der Waals surface area contributed by atoms with Crippen molar-refractivity contribution in [1.82, 2.24) is 0 Å². The van der Waals surface area contributed by atoms with Crippen molar-refractivity contribution in [3.8, 4) is 11.8 Å². The molecule has 0 nitrogen and oxygen atoms in total. The highest BCUT2D eigenvalue weighted by atomic mass is 19.1. The predicted octanol–water partition coefficient (Wildman–Crippen LogP) is 8.50. The Bertz CT molecular complexity index is 851. The second-order valence-corrected chi connectivity index (χ2v) is 9.91. The number of halogens is 1. The molecule has 0 bridgehead atoms. The van der Waals surface area contributed by atoms with Crippen LogP contribution < -0.4 is 0 Å². The molecule has 2 aromatic carbocycles. The summed E-state index contributed by atoms with van der Waals surface area (Å²) in [6, 6.07) is 15.2. The van der Waals surface area contributed by atoms with E-state index >= 15 is 0 Å². The topological polar surface area (TPSA) is 0 Å². The lowest BCUT2D eigenvalue weighted by atomic mass is 9.68. The summed E-state index contributed by atoms with van der Waals surface area (Å²) in [5.41, 5.74) is 3.36. The Kier molecular flexibility index (Phi) is 7.85. The van der Waals surface area contributed by atoms with Crippen LogP contribution in [0.1, 0.15) is 100 Å². The van der Waals surface area contributed by atoms with Crippen molar-refractivity contribution >= 4 is 0 Å². The Labute approximate surface area is 188 Å². The fourth-order valence-corrected chi connectivity index (χ4v) is 5.88. The van der Waals surface area contributed by atoms with Gasteiger partial charge in [-0.2, -0.15) is 0 Å². The first kappa shape index (κ1) is 22.1. The first-order chi connectivity index (χ1) is 15.2. The molecule has 0 unspecified atom stereocenters. The Hall–Kier alpha value is -2.07. The number of unbranched alkanes of at least 4 members (excludes halogenated alkanes) is 1. The molecule has 164 valence electrons. The van der Waals surface area contributed by atoms with Crippen LogP contribution in [0.2, 0.25) is 0 Å². The number of hydrogen-bond donors (Lipinski definition) is 0. The van der Waals surface area contributed by atoms with Gasteiger partial charge in [-0.3, -0.25) is 0 Å². The highest BCUT2D eigenvalue weighted by Crippen LogP contribution is 2.44. The lowest BCUT2D eigenvalue weighted by Crippen LogP contribution is -2.25. The maximum Gasteiger partial charge on any atom is 0.123 e. The van der Waals surface area contributed by atoms with Gasteiger partial charge in [0.1, 0.15) is 5.82 Å². The average molecular weight is 417 g/mol. The summed E-state index contributed by atoms with van der Waals surface area (Å²) in [5.74, 6) is 9.84. The second kappa shape index (κ2) is 11.0. The Balaban J connectivity index is 1.25. The molecule has 2 fully saturated rings. The molecule has 0 N–H and O–H groups in total. The van der Waals surface area contributed by atoms with Crippen molar-refractivity contribution in [2.75, 3.05) is 0 Å². The van der Waals surface area contributed by atoms with Crippen LogP contribution in [0, 0.1) is 35.4 Å². The minimum atomic E-state index is -0.218. The van der Waals surface area contributed by atoms with Gasteiger partial charge < -0.3 is 0 Å². The second-order valence-electron chi connectivity index (χ2n) is 9.91. The van der Waals surface area contributed by atoms with Gasteiger partial charge in [0, 0.05) is 11.1 Å². The molecular formula is C30H37F. The third kappa shape index (κ3) is 6.22. The van der Waals surface area contributed by atoms with E-state index in [2.05, 4.69) is 43.0 Å². The van der Waals surface area contributed by atoms with Crippen LogP contribution in [0.5, 0.6) is 0 Å². The van der Waals surface area contributed by atoms with Crippen molar-refractivity contribution in [2.45, 2.75) is 83.5 Å².